The molecular formula is C68H62BN3O. The van der Waals surface area contributed by atoms with Gasteiger partial charge in [-0.05, 0) is 179 Å². The lowest BCUT2D eigenvalue weighted by Gasteiger charge is -2.46. The summed E-state index contributed by atoms with van der Waals surface area (Å²) in [7, 11) is 0. The number of aryl methyl sites for hydroxylation is 6. The van der Waals surface area contributed by atoms with Crippen molar-refractivity contribution in [3.05, 3.63) is 202 Å². The fourth-order valence-electron chi connectivity index (χ4n) is 12.9. The largest absolute Gasteiger partial charge is 0.456 e. The number of aromatic nitrogens is 1. The van der Waals surface area contributed by atoms with Crippen molar-refractivity contribution in [2.45, 2.75) is 93.9 Å². The molecule has 0 fully saturated rings. The molecule has 0 unspecified atom stereocenters. The standard InChI is InChI=1S/C68H62BN3O/c1-39-20-17-21-40(2)64(39)70-54-27-15-13-24-49(54)51-37-53-57(38-55(51)70)72(65-41(3)22-18-23-42(65)4)59-36-47(68(10,11)12)35-58-63(59)69(53)52-31-30-46(67(7,8)9)34-56(52)71(58)66-43(5)32-45(33-44(66)6)48-26-19-29-61-62(48)50-25-14-16-28-60(50)73-61/h13-38H,1-12H3. The Balaban J connectivity index is 1.15. The smallest absolute Gasteiger partial charge is 0.252 e. The van der Waals surface area contributed by atoms with E-state index in [9.17, 15) is 0 Å². The van der Waals surface area contributed by atoms with Crippen LogP contribution in [0.3, 0.4) is 0 Å². The molecule has 0 N–H and O–H groups in total. The average Bonchev–Trinajstić information content (AvgIpc) is 3.89. The predicted octanol–water partition coefficient (Wildman–Crippen LogP) is 16.9. The van der Waals surface area contributed by atoms with Crippen LogP contribution in [0.15, 0.2) is 162 Å². The van der Waals surface area contributed by atoms with Crippen molar-refractivity contribution >= 4 is 101 Å². The highest BCUT2D eigenvalue weighted by Gasteiger charge is 2.46. The van der Waals surface area contributed by atoms with Gasteiger partial charge >= 0.3 is 0 Å². The summed E-state index contributed by atoms with van der Waals surface area (Å²) in [4.78, 5) is 5.32. The number of nitrogens with zero attached hydrogens (tertiary/aromatic N) is 3. The van der Waals surface area contributed by atoms with Crippen LogP contribution in [0, 0.1) is 41.5 Å². The van der Waals surface area contributed by atoms with Gasteiger partial charge in [0.25, 0.3) is 6.71 Å². The minimum absolute atomic E-state index is 0.0477. The molecule has 0 amide bonds. The van der Waals surface area contributed by atoms with Gasteiger partial charge in [0.15, 0.2) is 0 Å². The summed E-state index contributed by atoms with van der Waals surface area (Å²) >= 11 is 0. The summed E-state index contributed by atoms with van der Waals surface area (Å²) < 4.78 is 8.97. The van der Waals surface area contributed by atoms with E-state index < -0.39 is 0 Å². The first kappa shape index (κ1) is 45.1. The van der Waals surface area contributed by atoms with E-state index in [0.29, 0.717) is 0 Å². The summed E-state index contributed by atoms with van der Waals surface area (Å²) in [6.45, 7) is 27.8. The molecule has 2 aliphatic heterocycles. The molecule has 0 bridgehead atoms. The monoisotopic (exact) mass is 947 g/mol. The zero-order valence-electron chi connectivity index (χ0n) is 44.3. The second-order valence-corrected chi connectivity index (χ2v) is 23.3. The molecular weight excluding hydrogens is 886 g/mol. The molecule has 0 saturated carbocycles. The lowest BCUT2D eigenvalue weighted by molar-refractivity contribution is 0.590. The average molecular weight is 948 g/mol. The first-order chi connectivity index (χ1) is 35.0. The van der Waals surface area contributed by atoms with Gasteiger partial charge in [-0.25, -0.2) is 0 Å². The third-order valence-corrected chi connectivity index (χ3v) is 16.3. The van der Waals surface area contributed by atoms with E-state index in [1.54, 1.807) is 0 Å². The first-order valence-corrected chi connectivity index (χ1v) is 26.1. The van der Waals surface area contributed by atoms with Gasteiger partial charge < -0.3 is 18.8 Å². The molecule has 0 saturated heterocycles. The molecule has 358 valence electrons. The van der Waals surface area contributed by atoms with Crippen LogP contribution in [0.5, 0.6) is 0 Å². The maximum atomic E-state index is 6.43. The number of benzene rings is 9. The molecule has 9 aromatic carbocycles. The van der Waals surface area contributed by atoms with Gasteiger partial charge in [-0.15, -0.1) is 0 Å². The third-order valence-electron chi connectivity index (χ3n) is 16.3. The van der Waals surface area contributed by atoms with Gasteiger partial charge in [0, 0.05) is 44.3 Å². The van der Waals surface area contributed by atoms with Crippen LogP contribution < -0.4 is 26.2 Å². The second-order valence-electron chi connectivity index (χ2n) is 23.3. The Kier molecular flexibility index (Phi) is 9.81. The van der Waals surface area contributed by atoms with Crippen LogP contribution in [0.2, 0.25) is 0 Å². The number of para-hydroxylation sites is 4. The summed E-state index contributed by atoms with van der Waals surface area (Å²) in [5, 5.41) is 4.84. The predicted molar refractivity (Wildman–Crippen MR) is 313 cm³/mol. The van der Waals surface area contributed by atoms with Crippen molar-refractivity contribution in [1.29, 1.82) is 0 Å². The molecule has 0 aliphatic carbocycles. The highest BCUT2D eigenvalue weighted by Crippen LogP contribution is 2.51. The van der Waals surface area contributed by atoms with Crippen LogP contribution in [0.1, 0.15) is 86.1 Å². The minimum atomic E-state index is -0.161. The van der Waals surface area contributed by atoms with Crippen LogP contribution in [-0.4, -0.2) is 11.3 Å². The van der Waals surface area contributed by atoms with E-state index in [1.807, 2.05) is 0 Å². The lowest BCUT2D eigenvalue weighted by atomic mass is 9.33. The molecule has 13 rings (SSSR count). The normalized spacial score (nSPS) is 13.4. The Hall–Kier alpha value is -7.76. The van der Waals surface area contributed by atoms with Gasteiger partial charge in [-0.1, -0.05) is 145 Å². The van der Waals surface area contributed by atoms with Crippen LogP contribution in [-0.2, 0) is 10.8 Å². The molecule has 2 aromatic heterocycles. The zero-order chi connectivity index (χ0) is 50.6. The Morgan fingerprint density at radius 1 is 0.397 bits per heavy atom. The number of rotatable bonds is 4. The van der Waals surface area contributed by atoms with Crippen molar-refractivity contribution in [3.63, 3.8) is 0 Å². The lowest BCUT2D eigenvalue weighted by Crippen LogP contribution is -2.61. The molecule has 4 nitrogen and oxygen atoms in total. The Bertz CT molecular complexity index is 4090. The van der Waals surface area contributed by atoms with E-state index in [1.165, 1.54) is 134 Å². The molecule has 73 heavy (non-hydrogen) atoms. The maximum Gasteiger partial charge on any atom is 0.252 e. The third kappa shape index (κ3) is 6.67. The van der Waals surface area contributed by atoms with Gasteiger partial charge in [0.1, 0.15) is 11.2 Å². The summed E-state index contributed by atoms with van der Waals surface area (Å²) in [5.41, 5.74) is 29.2. The number of hydrogen-bond acceptors (Lipinski definition) is 3. The fraction of sp³-hybridized carbons (Fsp3) is 0.206. The van der Waals surface area contributed by atoms with Crippen molar-refractivity contribution in [3.8, 4) is 16.8 Å². The summed E-state index contributed by atoms with van der Waals surface area (Å²) in [5.74, 6) is 0. The van der Waals surface area contributed by atoms with E-state index in [4.69, 9.17) is 4.42 Å². The summed E-state index contributed by atoms with van der Waals surface area (Å²) in [6.07, 6.45) is 0. The topological polar surface area (TPSA) is 24.6 Å². The molecule has 5 heteroatoms. The van der Waals surface area contributed by atoms with E-state index in [-0.39, 0.29) is 17.5 Å². The van der Waals surface area contributed by atoms with Gasteiger partial charge in [-0.2, -0.15) is 0 Å². The fourth-order valence-corrected chi connectivity index (χ4v) is 12.9. The van der Waals surface area contributed by atoms with Crippen LogP contribution in [0.4, 0.5) is 34.1 Å². The Morgan fingerprint density at radius 2 is 0.932 bits per heavy atom. The van der Waals surface area contributed by atoms with Gasteiger partial charge in [0.05, 0.1) is 28.1 Å². The van der Waals surface area contributed by atoms with Crippen LogP contribution >= 0.6 is 0 Å². The van der Waals surface area contributed by atoms with Crippen molar-refractivity contribution < 1.29 is 4.42 Å². The van der Waals surface area contributed by atoms with E-state index >= 15 is 0 Å². The molecule has 0 radical (unpaired) electrons. The number of fused-ring (bicyclic) bond motifs is 10. The molecule has 11 aromatic rings. The van der Waals surface area contributed by atoms with Gasteiger partial charge in [0.2, 0.25) is 0 Å². The van der Waals surface area contributed by atoms with Gasteiger partial charge in [-0.3, -0.25) is 0 Å². The first-order valence-electron chi connectivity index (χ1n) is 26.1. The zero-order valence-corrected chi connectivity index (χ0v) is 44.3. The molecule has 0 spiro atoms. The van der Waals surface area contributed by atoms with Crippen molar-refractivity contribution in [2.24, 2.45) is 0 Å². The number of anilines is 6. The number of furan rings is 1. The quantitative estimate of drug-likeness (QED) is 0.164. The van der Waals surface area contributed by atoms with E-state index in [0.717, 1.165) is 21.9 Å². The summed E-state index contributed by atoms with van der Waals surface area (Å²) in [6, 6.07) is 59.9. The highest BCUT2D eigenvalue weighted by atomic mass is 16.3. The van der Waals surface area contributed by atoms with Crippen molar-refractivity contribution in [2.75, 3.05) is 9.80 Å². The van der Waals surface area contributed by atoms with Crippen LogP contribution in [0.25, 0.3) is 60.6 Å². The second kappa shape index (κ2) is 15.9. The van der Waals surface area contributed by atoms with Crippen molar-refractivity contribution in [1.82, 2.24) is 4.57 Å². The molecule has 4 heterocycles. The Labute approximate surface area is 430 Å². The Morgan fingerprint density at radius 3 is 1.58 bits per heavy atom. The number of hydrogen-bond donors (Lipinski definition) is 0. The minimum Gasteiger partial charge on any atom is -0.456 e. The SMILES string of the molecule is Cc1cc(-c2cccc3oc4ccccc4c23)cc(C)c1N1c2cc(C(C)(C)C)ccc2B2c3cc4c5ccccc5n(-c5c(C)cccc5C)c4cc3N(c3c(C)cccc3C)c3cc(C(C)(C)C)cc1c32. The maximum absolute atomic E-state index is 6.43. The highest BCUT2D eigenvalue weighted by molar-refractivity contribution is 7.00. The molecule has 2 aliphatic rings. The molecule has 0 atom stereocenters. The van der Waals surface area contributed by atoms with E-state index in [2.05, 4.69) is 255 Å².